The second-order valence-electron chi connectivity index (χ2n) is 6.64. The Labute approximate surface area is 136 Å². The normalized spacial score (nSPS) is 13.0. The molecular weight excluding hydrogens is 328 g/mol. The Kier molecular flexibility index (Phi) is 6.88. The topological polar surface area (TPSA) is 55.1 Å². The quantitative estimate of drug-likeness (QED) is 0.790. The van der Waals surface area contributed by atoms with Gasteiger partial charge >= 0.3 is 0 Å². The summed E-state index contributed by atoms with van der Waals surface area (Å²) in [7, 11) is 0. The van der Waals surface area contributed by atoms with E-state index in [1.54, 1.807) is 0 Å². The Hall–Kier alpha value is -0.870. The molecule has 0 aromatic heterocycles. The van der Waals surface area contributed by atoms with Crippen molar-refractivity contribution in [3.8, 4) is 0 Å². The number of hydrogen-bond acceptors (Lipinski definition) is 2. The Morgan fingerprint density at radius 3 is 2.57 bits per heavy atom. The first kappa shape index (κ1) is 18.2. The molecule has 118 valence electrons. The molecule has 3 nitrogen and oxygen atoms in total. The molecule has 0 aliphatic carbocycles. The highest BCUT2D eigenvalue weighted by molar-refractivity contribution is 9.10. The predicted molar refractivity (Wildman–Crippen MR) is 93.4 cm³/mol. The molecule has 4 heteroatoms. The number of amides is 1. The van der Waals surface area contributed by atoms with E-state index in [0.29, 0.717) is 18.9 Å². The molecular formula is C17H27BrN2O. The van der Waals surface area contributed by atoms with E-state index in [9.17, 15) is 4.79 Å². The molecule has 3 N–H and O–H groups in total. The summed E-state index contributed by atoms with van der Waals surface area (Å²) in [5.41, 5.74) is 7.80. The number of nitrogens with two attached hydrogens (primary N) is 1. The van der Waals surface area contributed by atoms with Crippen molar-refractivity contribution in [2.24, 2.45) is 17.1 Å². The van der Waals surface area contributed by atoms with Crippen LogP contribution in [0.3, 0.4) is 0 Å². The average molecular weight is 355 g/mol. The van der Waals surface area contributed by atoms with Gasteiger partial charge in [0.15, 0.2) is 0 Å². The standard InChI is InChI=1S/C17H27BrN2O/c1-12-14(18)6-5-7-15(12)20-16(21)9-8-13(10-11-19)17(2,3)4/h5-7,13H,8-11,19H2,1-4H3,(H,20,21). The lowest BCUT2D eigenvalue weighted by atomic mass is 9.76. The first-order valence-corrected chi connectivity index (χ1v) is 8.30. The van der Waals surface area contributed by atoms with E-state index in [1.165, 1.54) is 0 Å². The number of rotatable bonds is 6. The van der Waals surface area contributed by atoms with E-state index in [4.69, 9.17) is 5.73 Å². The van der Waals surface area contributed by atoms with Gasteiger partial charge in [-0.3, -0.25) is 4.79 Å². The maximum absolute atomic E-state index is 12.2. The average Bonchev–Trinajstić information content (AvgIpc) is 2.38. The summed E-state index contributed by atoms with van der Waals surface area (Å²) in [5.74, 6) is 0.541. The van der Waals surface area contributed by atoms with Gasteiger partial charge in [-0.2, -0.15) is 0 Å². The molecule has 0 aliphatic rings. The molecule has 0 saturated heterocycles. The van der Waals surface area contributed by atoms with Crippen molar-refractivity contribution in [2.75, 3.05) is 11.9 Å². The van der Waals surface area contributed by atoms with E-state index < -0.39 is 0 Å². The third kappa shape index (κ3) is 5.79. The van der Waals surface area contributed by atoms with Gasteiger partial charge < -0.3 is 11.1 Å². The highest BCUT2D eigenvalue weighted by Crippen LogP contribution is 2.32. The fourth-order valence-electron chi connectivity index (χ4n) is 2.47. The van der Waals surface area contributed by atoms with Crippen molar-refractivity contribution in [3.05, 3.63) is 28.2 Å². The van der Waals surface area contributed by atoms with E-state index in [1.807, 2.05) is 25.1 Å². The van der Waals surface area contributed by atoms with E-state index in [-0.39, 0.29) is 11.3 Å². The van der Waals surface area contributed by atoms with Crippen LogP contribution in [-0.4, -0.2) is 12.5 Å². The van der Waals surface area contributed by atoms with Gasteiger partial charge in [0.25, 0.3) is 0 Å². The van der Waals surface area contributed by atoms with Crippen molar-refractivity contribution >= 4 is 27.5 Å². The van der Waals surface area contributed by atoms with Crippen LogP contribution in [0.5, 0.6) is 0 Å². The van der Waals surface area contributed by atoms with Crippen molar-refractivity contribution in [2.45, 2.75) is 47.0 Å². The summed E-state index contributed by atoms with van der Waals surface area (Å²) in [4.78, 5) is 12.2. The van der Waals surface area contributed by atoms with Crippen LogP contribution in [-0.2, 0) is 4.79 Å². The predicted octanol–water partition coefficient (Wildman–Crippen LogP) is 4.49. The lowest BCUT2D eigenvalue weighted by Crippen LogP contribution is -2.25. The third-order valence-electron chi connectivity index (χ3n) is 4.00. The summed E-state index contributed by atoms with van der Waals surface area (Å²) in [6.07, 6.45) is 2.38. The molecule has 1 aromatic rings. The van der Waals surface area contributed by atoms with Crippen LogP contribution in [0, 0.1) is 18.3 Å². The molecule has 0 bridgehead atoms. The van der Waals surface area contributed by atoms with Crippen LogP contribution in [0.25, 0.3) is 0 Å². The zero-order chi connectivity index (χ0) is 16.0. The van der Waals surface area contributed by atoms with Gasteiger partial charge in [0.2, 0.25) is 5.91 Å². The number of nitrogens with one attached hydrogen (secondary N) is 1. The molecule has 1 atom stereocenters. The summed E-state index contributed by atoms with van der Waals surface area (Å²) < 4.78 is 1.01. The molecule has 0 radical (unpaired) electrons. The number of anilines is 1. The first-order chi connectivity index (χ1) is 9.75. The van der Waals surface area contributed by atoms with Crippen LogP contribution in [0.2, 0.25) is 0 Å². The first-order valence-electron chi connectivity index (χ1n) is 7.50. The molecule has 0 aliphatic heterocycles. The summed E-state index contributed by atoms with van der Waals surface area (Å²) in [5, 5.41) is 3.00. The highest BCUT2D eigenvalue weighted by atomic mass is 79.9. The maximum Gasteiger partial charge on any atom is 0.224 e. The maximum atomic E-state index is 12.2. The number of halogens is 1. The van der Waals surface area contributed by atoms with Crippen molar-refractivity contribution in [1.82, 2.24) is 0 Å². The largest absolute Gasteiger partial charge is 0.330 e. The second-order valence-corrected chi connectivity index (χ2v) is 7.49. The number of hydrogen-bond donors (Lipinski definition) is 2. The van der Waals surface area contributed by atoms with Gasteiger partial charge in [-0.15, -0.1) is 0 Å². The van der Waals surface area contributed by atoms with Crippen molar-refractivity contribution in [1.29, 1.82) is 0 Å². The van der Waals surface area contributed by atoms with Gasteiger partial charge in [-0.1, -0.05) is 42.8 Å². The molecule has 0 spiro atoms. The Morgan fingerprint density at radius 1 is 1.33 bits per heavy atom. The Bertz CT molecular complexity index is 480. The molecule has 0 fully saturated rings. The van der Waals surface area contributed by atoms with Crippen LogP contribution in [0.15, 0.2) is 22.7 Å². The van der Waals surface area contributed by atoms with E-state index in [0.717, 1.165) is 28.6 Å². The third-order valence-corrected chi connectivity index (χ3v) is 4.86. The summed E-state index contributed by atoms with van der Waals surface area (Å²) in [6.45, 7) is 9.30. The van der Waals surface area contributed by atoms with Crippen molar-refractivity contribution in [3.63, 3.8) is 0 Å². The SMILES string of the molecule is Cc1c(Br)cccc1NC(=O)CCC(CCN)C(C)(C)C. The minimum atomic E-state index is 0.0717. The second kappa shape index (κ2) is 7.95. The Balaban J connectivity index is 2.59. The lowest BCUT2D eigenvalue weighted by molar-refractivity contribution is -0.116. The Morgan fingerprint density at radius 2 is 2.00 bits per heavy atom. The summed E-state index contributed by atoms with van der Waals surface area (Å²) in [6, 6.07) is 5.83. The molecule has 0 saturated carbocycles. The monoisotopic (exact) mass is 354 g/mol. The van der Waals surface area contributed by atoms with Gasteiger partial charge in [0, 0.05) is 16.6 Å². The molecule has 1 rings (SSSR count). The van der Waals surface area contributed by atoms with Gasteiger partial charge in [-0.25, -0.2) is 0 Å². The molecule has 1 amide bonds. The molecule has 21 heavy (non-hydrogen) atoms. The van der Waals surface area contributed by atoms with Gasteiger partial charge in [0.05, 0.1) is 0 Å². The smallest absolute Gasteiger partial charge is 0.224 e. The van der Waals surface area contributed by atoms with E-state index >= 15 is 0 Å². The van der Waals surface area contributed by atoms with Crippen LogP contribution < -0.4 is 11.1 Å². The number of carbonyl (C=O) groups is 1. The van der Waals surface area contributed by atoms with Gasteiger partial charge in [-0.05, 0) is 55.3 Å². The van der Waals surface area contributed by atoms with Crippen LogP contribution in [0.1, 0.15) is 45.6 Å². The fourth-order valence-corrected chi connectivity index (χ4v) is 2.84. The number of benzene rings is 1. The zero-order valence-electron chi connectivity index (χ0n) is 13.5. The van der Waals surface area contributed by atoms with Crippen LogP contribution >= 0.6 is 15.9 Å². The lowest BCUT2D eigenvalue weighted by Gasteiger charge is -2.30. The number of carbonyl (C=O) groups excluding carboxylic acids is 1. The highest BCUT2D eigenvalue weighted by Gasteiger charge is 2.24. The summed E-state index contributed by atoms with van der Waals surface area (Å²) >= 11 is 3.48. The molecule has 1 aromatic carbocycles. The molecule has 1 unspecified atom stereocenters. The van der Waals surface area contributed by atoms with Gasteiger partial charge in [0.1, 0.15) is 0 Å². The minimum absolute atomic E-state index is 0.0717. The van der Waals surface area contributed by atoms with Crippen LogP contribution in [0.4, 0.5) is 5.69 Å². The zero-order valence-corrected chi connectivity index (χ0v) is 15.1. The minimum Gasteiger partial charge on any atom is -0.330 e. The van der Waals surface area contributed by atoms with E-state index in [2.05, 4.69) is 42.0 Å². The van der Waals surface area contributed by atoms with Crippen molar-refractivity contribution < 1.29 is 4.79 Å². The fraction of sp³-hybridized carbons (Fsp3) is 0.588. The molecule has 0 heterocycles.